The highest BCUT2D eigenvalue weighted by atomic mass is 28.5. The summed E-state index contributed by atoms with van der Waals surface area (Å²) in [7, 11) is -3.40. The third-order valence-electron chi connectivity index (χ3n) is 18.1. The molecule has 0 aromatic heterocycles. The van der Waals surface area contributed by atoms with E-state index in [1.807, 2.05) is 6.08 Å². The Labute approximate surface area is 477 Å². The van der Waals surface area contributed by atoms with Gasteiger partial charge in [-0.05, 0) is 175 Å². The number of carbonyl (C=O) groups excluding carboxylic acids is 3. The summed E-state index contributed by atoms with van der Waals surface area (Å²) in [4.78, 5) is 36.6. The summed E-state index contributed by atoms with van der Waals surface area (Å²) in [6.07, 6.45) is 26.4. The number of aliphatic hydroxyl groups excluding tert-OH is 3. The van der Waals surface area contributed by atoms with E-state index in [4.69, 9.17) is 40.1 Å². The zero-order valence-electron chi connectivity index (χ0n) is 49.0. The first kappa shape index (κ1) is 65.9. The highest BCUT2D eigenvalue weighted by molar-refractivity contribution is 6.82. The number of fused-ring (bicyclic) bond motifs is 1. The summed E-state index contributed by atoms with van der Waals surface area (Å²) in [6.45, 7) is 5.60. The Hall–Kier alpha value is -2.28. The number of rotatable bonds is 38. The second-order valence-corrected chi connectivity index (χ2v) is 33.8. The van der Waals surface area contributed by atoms with Crippen LogP contribution in [-0.2, 0) is 54.5 Å². The second kappa shape index (κ2) is 33.9. The van der Waals surface area contributed by atoms with Crippen LogP contribution in [0.4, 0.5) is 0 Å². The smallest absolute Gasteiger partial charge is 0.460 e. The quantitative estimate of drug-likeness (QED) is 0.0141. The topological polar surface area (TPSA) is 198 Å². The molecule has 15 nitrogen and oxygen atoms in total. The van der Waals surface area contributed by atoms with Crippen LogP contribution in [0.2, 0.25) is 24.7 Å². The average molecular weight is 1160 g/mol. The van der Waals surface area contributed by atoms with Gasteiger partial charge in [0, 0.05) is 66.2 Å². The number of hydrogen-bond donors (Lipinski definition) is 3. The maximum atomic E-state index is 12.9. The molecule has 79 heavy (non-hydrogen) atoms. The van der Waals surface area contributed by atoms with Gasteiger partial charge in [0.05, 0.1) is 30.5 Å². The van der Waals surface area contributed by atoms with E-state index in [0.29, 0.717) is 100 Å². The molecule has 18 heteroatoms. The number of unbranched alkanes of at least 4 members (excludes halogenated alkanes) is 6. The zero-order valence-corrected chi connectivity index (χ0v) is 52.0. The number of ether oxygens (including phenoxy) is 3. The monoisotopic (exact) mass is 1160 g/mol. The molecule has 1 aromatic carbocycles. The van der Waals surface area contributed by atoms with E-state index in [0.717, 1.165) is 95.1 Å². The molecule has 1 saturated heterocycles. The molecule has 1 aromatic rings. The minimum absolute atomic E-state index is 0.0715. The molecule has 1 aliphatic heterocycles. The third-order valence-corrected chi connectivity index (χ3v) is 29.3. The summed E-state index contributed by atoms with van der Waals surface area (Å²) in [5, 5.41) is 33.7. The first-order valence-electron chi connectivity index (χ1n) is 30.7. The van der Waals surface area contributed by atoms with Gasteiger partial charge in [-0.1, -0.05) is 81.9 Å². The van der Waals surface area contributed by atoms with Crippen LogP contribution in [0, 0.1) is 17.8 Å². The first-order valence-corrected chi connectivity index (χ1v) is 37.1. The summed E-state index contributed by atoms with van der Waals surface area (Å²) in [5.74, 6) is 1.47. The van der Waals surface area contributed by atoms with Crippen molar-refractivity contribution in [3.63, 3.8) is 0 Å². The van der Waals surface area contributed by atoms with E-state index < -0.39 is 56.9 Å². The molecular weight excluding hydrogens is 1060 g/mol. The van der Waals surface area contributed by atoms with E-state index in [2.05, 4.69) is 37.4 Å². The minimum atomic E-state index is -3.64. The third kappa shape index (κ3) is 22.3. The molecule has 12 atom stereocenters. The molecule has 4 saturated carbocycles. The van der Waals surface area contributed by atoms with E-state index in [9.17, 15) is 29.7 Å². The predicted molar refractivity (Wildman–Crippen MR) is 312 cm³/mol. The molecular formula is C61H102O15Si3. The van der Waals surface area contributed by atoms with E-state index in [1.54, 1.807) is 34.5 Å². The Balaban J connectivity index is 0.969. The van der Waals surface area contributed by atoms with Crippen LogP contribution < -0.4 is 0 Å². The molecule has 448 valence electrons. The minimum Gasteiger partial charge on any atom is -0.460 e. The zero-order chi connectivity index (χ0) is 56.7. The normalized spacial score (nSPS) is 27.6. The van der Waals surface area contributed by atoms with Crippen LogP contribution >= 0.6 is 0 Å². The van der Waals surface area contributed by atoms with Crippen LogP contribution in [-0.4, -0.2) is 130 Å². The summed E-state index contributed by atoms with van der Waals surface area (Å²) < 4.78 is 57.6. The van der Waals surface area contributed by atoms with Gasteiger partial charge in [-0.3, -0.25) is 14.4 Å². The highest BCUT2D eigenvalue weighted by Crippen LogP contribution is 2.43. The Morgan fingerprint density at radius 2 is 1.19 bits per heavy atom. The lowest BCUT2D eigenvalue weighted by Crippen LogP contribution is -2.62. The van der Waals surface area contributed by atoms with Crippen LogP contribution in [0.5, 0.6) is 0 Å². The Bertz CT molecular complexity index is 2000. The molecule has 3 N–H and O–H groups in total. The molecule has 0 spiro atoms. The van der Waals surface area contributed by atoms with Gasteiger partial charge in [0.1, 0.15) is 11.9 Å². The van der Waals surface area contributed by atoms with Crippen molar-refractivity contribution in [3.8, 4) is 0 Å². The SMILES string of the molecule is C=CC(=O)CCCCCCC(=O)CCCCCCC(=O)OC1CCC(CC[Si](OC)(OC)O[Si](CCC2CCC(OC(O)/C=C/c3ccc(C4CCCCC4)cc3)C(O)C2)(OC)O[Si](C)(CCC2CCC3OC3C2)OC)CC1O. The molecule has 1 heterocycles. The Kier molecular flexibility index (Phi) is 28.2. The van der Waals surface area contributed by atoms with Crippen molar-refractivity contribution in [2.45, 2.75) is 260 Å². The van der Waals surface area contributed by atoms with Crippen LogP contribution in [0.1, 0.15) is 203 Å². The van der Waals surface area contributed by atoms with E-state index in [-0.39, 0.29) is 35.8 Å². The Morgan fingerprint density at radius 3 is 1.77 bits per heavy atom. The maximum Gasteiger partial charge on any atom is 0.493 e. The van der Waals surface area contributed by atoms with Crippen molar-refractivity contribution in [2.24, 2.45) is 17.8 Å². The van der Waals surface area contributed by atoms with Crippen molar-refractivity contribution in [3.05, 3.63) is 54.1 Å². The number of ketones is 2. The van der Waals surface area contributed by atoms with Gasteiger partial charge in [0.2, 0.25) is 0 Å². The fourth-order valence-corrected chi connectivity index (χ4v) is 24.6. The van der Waals surface area contributed by atoms with Gasteiger partial charge < -0.3 is 55.5 Å². The van der Waals surface area contributed by atoms with Gasteiger partial charge >= 0.3 is 32.1 Å². The number of esters is 1. The number of allylic oxidation sites excluding steroid dienone is 1. The highest BCUT2D eigenvalue weighted by Gasteiger charge is 2.56. The number of hydrogen-bond acceptors (Lipinski definition) is 15. The molecule has 5 aliphatic rings. The molecule has 6 rings (SSSR count). The van der Waals surface area contributed by atoms with Crippen LogP contribution in [0.15, 0.2) is 43.0 Å². The average Bonchev–Trinajstić information content (AvgIpc) is 4.29. The molecule has 4 aliphatic carbocycles. The molecule has 12 unspecified atom stereocenters. The van der Waals surface area contributed by atoms with E-state index in [1.165, 1.54) is 43.7 Å². The number of benzene rings is 1. The lowest BCUT2D eigenvalue weighted by atomic mass is 9.84. The lowest BCUT2D eigenvalue weighted by Gasteiger charge is -2.42. The van der Waals surface area contributed by atoms with Crippen molar-refractivity contribution in [1.82, 2.24) is 0 Å². The van der Waals surface area contributed by atoms with Crippen molar-refractivity contribution in [1.29, 1.82) is 0 Å². The first-order chi connectivity index (χ1) is 38.1. The van der Waals surface area contributed by atoms with Crippen LogP contribution in [0.3, 0.4) is 0 Å². The number of carbonyl (C=O) groups is 3. The maximum absolute atomic E-state index is 12.9. The fraction of sp³-hybridized carbons (Fsp3) is 0.787. The molecule has 0 radical (unpaired) electrons. The van der Waals surface area contributed by atoms with Gasteiger partial charge in [-0.2, -0.15) is 0 Å². The van der Waals surface area contributed by atoms with Crippen LogP contribution in [0.25, 0.3) is 6.08 Å². The number of Topliss-reactive ketones (excluding diaryl/α,β-unsaturated/α-hetero) is 1. The lowest BCUT2D eigenvalue weighted by molar-refractivity contribution is -0.159. The standard InChI is InChI=1S/C61H102O15Si3/c1-7-52(62)21-15-8-9-16-22-53(63)23-17-10-11-18-24-60(66)73-56-33-27-47(43-54(56)64)38-41-78(69-3,70-4)76-79(71-5,75-77(6,68-2)40-37-49-29-35-58-59(45-49)72-58)42-39-48-28-34-57(55(65)44-48)74-61(67)36-30-46-25-31-51(32-26-46)50-19-13-12-14-20-50/h7,25-26,30-32,36,47-50,54-59,61,64-65,67H,1,8-24,27-29,33-35,37-45H2,2-6H3/b36-30+. The van der Waals surface area contributed by atoms with Gasteiger partial charge in [-0.25, -0.2) is 0 Å². The molecule has 0 bridgehead atoms. The molecule has 5 fully saturated rings. The Morgan fingerprint density at radius 1 is 0.633 bits per heavy atom. The number of aliphatic hydroxyl groups is 3. The predicted octanol–water partition coefficient (Wildman–Crippen LogP) is 12.0. The second-order valence-electron chi connectivity index (χ2n) is 24.0. The van der Waals surface area contributed by atoms with Gasteiger partial charge in [0.15, 0.2) is 12.1 Å². The van der Waals surface area contributed by atoms with Crippen molar-refractivity contribution < 1.29 is 69.8 Å². The summed E-state index contributed by atoms with van der Waals surface area (Å²) in [5.41, 5.74) is 2.39. The van der Waals surface area contributed by atoms with Gasteiger partial charge in [0.25, 0.3) is 0 Å². The summed E-state index contributed by atoms with van der Waals surface area (Å²) >= 11 is 0. The largest absolute Gasteiger partial charge is 0.493 e. The molecule has 0 amide bonds. The van der Waals surface area contributed by atoms with E-state index >= 15 is 0 Å². The summed E-state index contributed by atoms with van der Waals surface area (Å²) in [6, 6.07) is 10.3. The van der Waals surface area contributed by atoms with Crippen molar-refractivity contribution >= 4 is 49.8 Å². The number of epoxide rings is 1. The fourth-order valence-electron chi connectivity index (χ4n) is 12.8. The van der Waals surface area contributed by atoms with Crippen molar-refractivity contribution in [2.75, 3.05) is 28.4 Å². The van der Waals surface area contributed by atoms with Gasteiger partial charge in [-0.15, -0.1) is 0 Å².